The number of carbonyl (C=O) groups excluding carboxylic acids is 1. The molecule has 6 rings (SSSR count). The molecule has 2 N–H and O–H groups in total. The number of likely N-dealkylation sites (tertiary alicyclic amines) is 1. The van der Waals surface area contributed by atoms with Gasteiger partial charge in [0.2, 0.25) is 0 Å². The van der Waals surface area contributed by atoms with Crippen LogP contribution in [0.3, 0.4) is 0 Å². The van der Waals surface area contributed by atoms with Crippen molar-refractivity contribution in [2.24, 2.45) is 0 Å². The number of morpholine rings is 1. The Morgan fingerprint density at radius 2 is 1.93 bits per heavy atom. The van der Waals surface area contributed by atoms with Crippen LogP contribution < -0.4 is 10.5 Å². The number of carbonyl (C=O) groups is 1. The average Bonchev–Trinajstić information content (AvgIpc) is 3.66. The highest BCUT2D eigenvalue weighted by Gasteiger charge is 2.34. The van der Waals surface area contributed by atoms with Gasteiger partial charge in [0.1, 0.15) is 46.8 Å². The summed E-state index contributed by atoms with van der Waals surface area (Å²) in [6.45, 7) is 7.51. The Kier molecular flexibility index (Phi) is 8.47. The number of benzene rings is 2. The Bertz CT molecular complexity index is 1780. The van der Waals surface area contributed by atoms with Crippen molar-refractivity contribution in [3.05, 3.63) is 72.3 Å². The number of ether oxygens (including phenoxy) is 2. The first-order valence-corrected chi connectivity index (χ1v) is 15.0. The number of aromatic nitrogens is 4. The Morgan fingerprint density at radius 1 is 1.16 bits per heavy atom. The number of nitrogens with zero attached hydrogens (tertiary/aromatic N) is 7. The van der Waals surface area contributed by atoms with Crippen LogP contribution in [-0.4, -0.2) is 79.9 Å². The number of nitrogens with two attached hydrogens (primary N) is 1. The van der Waals surface area contributed by atoms with Gasteiger partial charge >= 0.3 is 0 Å². The lowest BCUT2D eigenvalue weighted by Gasteiger charge is -2.39. The maximum Gasteiger partial charge on any atom is 0.264 e. The number of fused-ring (bicyclic) bond motifs is 1. The molecule has 4 aromatic rings. The van der Waals surface area contributed by atoms with Crippen molar-refractivity contribution in [3.63, 3.8) is 0 Å². The molecule has 0 radical (unpaired) electrons. The molecule has 0 saturated carbocycles. The molecule has 0 spiro atoms. The summed E-state index contributed by atoms with van der Waals surface area (Å²) in [4.78, 5) is 26.3. The number of hydrogen-bond donors (Lipinski definition) is 1. The normalized spacial score (nSPS) is 17.9. The first-order chi connectivity index (χ1) is 21.7. The largest absolute Gasteiger partial charge is 0.457 e. The van der Waals surface area contributed by atoms with Crippen molar-refractivity contribution >= 4 is 22.8 Å². The van der Waals surface area contributed by atoms with Gasteiger partial charge in [0.25, 0.3) is 5.91 Å². The van der Waals surface area contributed by atoms with E-state index in [0.717, 1.165) is 19.5 Å². The third-order valence-electron chi connectivity index (χ3n) is 8.43. The van der Waals surface area contributed by atoms with E-state index in [0.29, 0.717) is 61.0 Å². The number of para-hydroxylation sites is 1. The van der Waals surface area contributed by atoms with Gasteiger partial charge in [-0.2, -0.15) is 10.4 Å². The second kappa shape index (κ2) is 12.6. The van der Waals surface area contributed by atoms with E-state index in [2.05, 4.69) is 20.9 Å². The van der Waals surface area contributed by atoms with Crippen LogP contribution in [0.15, 0.2) is 66.5 Å². The van der Waals surface area contributed by atoms with Crippen molar-refractivity contribution in [2.45, 2.75) is 44.8 Å². The molecule has 45 heavy (non-hydrogen) atoms. The zero-order chi connectivity index (χ0) is 31.6. The predicted octanol–water partition coefficient (Wildman–Crippen LogP) is 4.56. The summed E-state index contributed by atoms with van der Waals surface area (Å²) in [5, 5.41) is 15.2. The van der Waals surface area contributed by atoms with Crippen molar-refractivity contribution in [2.75, 3.05) is 38.6 Å². The van der Waals surface area contributed by atoms with Gasteiger partial charge in [0.05, 0.1) is 31.2 Å². The van der Waals surface area contributed by atoms with Crippen LogP contribution in [0.2, 0.25) is 0 Å². The molecule has 0 unspecified atom stereocenters. The lowest BCUT2D eigenvalue weighted by Crippen LogP contribution is -2.49. The average molecular weight is 611 g/mol. The highest BCUT2D eigenvalue weighted by Crippen LogP contribution is 2.35. The summed E-state index contributed by atoms with van der Waals surface area (Å²) in [7, 11) is 0. The summed E-state index contributed by atoms with van der Waals surface area (Å²) in [5.74, 6) is 0.250. The van der Waals surface area contributed by atoms with E-state index in [1.807, 2.05) is 32.0 Å². The molecular formula is C33H35FN8O3. The second-order valence-electron chi connectivity index (χ2n) is 11.8. The van der Waals surface area contributed by atoms with Crippen LogP contribution in [0.1, 0.15) is 26.7 Å². The molecule has 232 valence electrons. The molecule has 1 atom stereocenters. The zero-order valence-corrected chi connectivity index (χ0v) is 25.3. The molecule has 0 bridgehead atoms. The van der Waals surface area contributed by atoms with Crippen LogP contribution in [0.25, 0.3) is 22.3 Å². The summed E-state index contributed by atoms with van der Waals surface area (Å²) < 4.78 is 28.5. The molecule has 0 aliphatic carbocycles. The van der Waals surface area contributed by atoms with Gasteiger partial charge in [-0.3, -0.25) is 9.69 Å². The highest BCUT2D eigenvalue weighted by molar-refractivity contribution is 5.99. The minimum atomic E-state index is -0.539. The van der Waals surface area contributed by atoms with E-state index in [1.54, 1.807) is 39.9 Å². The Morgan fingerprint density at radius 3 is 2.67 bits per heavy atom. The van der Waals surface area contributed by atoms with Crippen molar-refractivity contribution < 1.29 is 18.7 Å². The minimum Gasteiger partial charge on any atom is -0.457 e. The van der Waals surface area contributed by atoms with E-state index in [-0.39, 0.29) is 28.9 Å². The van der Waals surface area contributed by atoms with Gasteiger partial charge < -0.3 is 20.1 Å². The molecule has 12 heteroatoms. The fourth-order valence-electron chi connectivity index (χ4n) is 6.10. The lowest BCUT2D eigenvalue weighted by atomic mass is 9.97. The van der Waals surface area contributed by atoms with E-state index in [1.165, 1.54) is 12.4 Å². The summed E-state index contributed by atoms with van der Waals surface area (Å²) in [5.41, 5.74) is 6.85. The summed E-state index contributed by atoms with van der Waals surface area (Å²) in [6.07, 6.45) is 4.60. The second-order valence-corrected chi connectivity index (χ2v) is 11.8. The number of nitrogen functional groups attached to an aromatic ring is 1. The maximum atomic E-state index is 15.6. The first-order valence-electron chi connectivity index (χ1n) is 15.0. The quantitative estimate of drug-likeness (QED) is 0.225. The van der Waals surface area contributed by atoms with Crippen LogP contribution >= 0.6 is 0 Å². The number of rotatable bonds is 8. The molecule has 2 aromatic carbocycles. The molecule has 2 aromatic heterocycles. The lowest BCUT2D eigenvalue weighted by molar-refractivity contribution is -0.127. The van der Waals surface area contributed by atoms with Crippen molar-refractivity contribution in [3.8, 4) is 28.8 Å². The van der Waals surface area contributed by atoms with Gasteiger partial charge in [0, 0.05) is 36.8 Å². The molecule has 2 saturated heterocycles. The third-order valence-corrected chi connectivity index (χ3v) is 8.43. The Labute approximate surface area is 260 Å². The van der Waals surface area contributed by atoms with E-state index >= 15 is 4.39 Å². The van der Waals surface area contributed by atoms with Crippen molar-refractivity contribution in [1.82, 2.24) is 29.5 Å². The summed E-state index contributed by atoms with van der Waals surface area (Å²) in [6, 6.07) is 15.6. The van der Waals surface area contributed by atoms with Gasteiger partial charge in [-0.1, -0.05) is 18.2 Å². The number of anilines is 1. The fraction of sp³-hybridized carbons (Fsp3) is 0.364. The standard InChI is InChI=1S/C33H35FN8O3/c1-33(2,40-13-15-44-16-14-40)18-22(19-35)32(43)41-12-6-7-23(41)20-42-31-28(30(36)37-21-38-31)29(39-42)26-11-10-25(17-27(26)34)45-24-8-4-3-5-9-24/h3-5,8-11,17-18,21,23H,6-7,12-16,20H2,1-2H3,(H2,36,37,38)/b22-18+/t23-/m1/s1. The van der Waals surface area contributed by atoms with Gasteiger partial charge in [-0.15, -0.1) is 0 Å². The van der Waals surface area contributed by atoms with Gasteiger partial charge in [-0.25, -0.2) is 19.0 Å². The number of amides is 1. The fourth-order valence-corrected chi connectivity index (χ4v) is 6.10. The zero-order valence-electron chi connectivity index (χ0n) is 25.3. The van der Waals surface area contributed by atoms with E-state index in [9.17, 15) is 10.1 Å². The molecule has 11 nitrogen and oxygen atoms in total. The van der Waals surface area contributed by atoms with E-state index < -0.39 is 11.4 Å². The minimum absolute atomic E-state index is 0.107. The topological polar surface area (TPSA) is 135 Å². The van der Waals surface area contributed by atoms with Crippen molar-refractivity contribution in [1.29, 1.82) is 5.26 Å². The molecular weight excluding hydrogens is 575 g/mol. The van der Waals surface area contributed by atoms with Crippen LogP contribution in [0, 0.1) is 17.1 Å². The SMILES string of the molecule is CC(C)(/C=C(\C#N)C(=O)N1CCC[C@@H]1Cn1nc(-c2ccc(Oc3ccccc3)cc2F)c2c(N)ncnc21)N1CCOCC1. The third kappa shape index (κ3) is 6.22. The smallest absolute Gasteiger partial charge is 0.264 e. The molecule has 2 fully saturated rings. The van der Waals surface area contributed by atoms with Gasteiger partial charge in [0.15, 0.2) is 5.65 Å². The molecule has 2 aliphatic heterocycles. The van der Waals surface area contributed by atoms with Gasteiger partial charge in [-0.05, 0) is 57.0 Å². The van der Waals surface area contributed by atoms with E-state index in [4.69, 9.17) is 20.3 Å². The number of hydrogen-bond acceptors (Lipinski definition) is 9. The molecule has 4 heterocycles. The summed E-state index contributed by atoms with van der Waals surface area (Å²) >= 11 is 0. The molecule has 1 amide bonds. The monoisotopic (exact) mass is 610 g/mol. The Balaban J connectivity index is 1.28. The predicted molar refractivity (Wildman–Crippen MR) is 167 cm³/mol. The van der Waals surface area contributed by atoms with Crippen LogP contribution in [-0.2, 0) is 16.1 Å². The first kappa shape index (κ1) is 30.2. The van der Waals surface area contributed by atoms with Crippen LogP contribution in [0.4, 0.5) is 10.2 Å². The number of nitriles is 1. The molecule has 2 aliphatic rings. The van der Waals surface area contributed by atoms with Crippen LogP contribution in [0.5, 0.6) is 11.5 Å². The highest BCUT2D eigenvalue weighted by atomic mass is 19.1. The number of halogens is 1. The Hall–Kier alpha value is -4.86. The maximum absolute atomic E-state index is 15.6.